The summed E-state index contributed by atoms with van der Waals surface area (Å²) in [5.74, 6) is 1.63. The van der Waals surface area contributed by atoms with Gasteiger partial charge in [-0.25, -0.2) is 9.97 Å². The van der Waals surface area contributed by atoms with Gasteiger partial charge in [-0.3, -0.25) is 4.57 Å². The van der Waals surface area contributed by atoms with Crippen molar-refractivity contribution in [2.75, 3.05) is 0 Å². The third-order valence-electron chi connectivity index (χ3n) is 14.8. The van der Waals surface area contributed by atoms with Crippen LogP contribution in [0.5, 0.6) is 0 Å². The van der Waals surface area contributed by atoms with E-state index in [4.69, 9.17) is 19.4 Å². The van der Waals surface area contributed by atoms with Gasteiger partial charge < -0.3 is 14.0 Å². The maximum absolute atomic E-state index is 6.58. The van der Waals surface area contributed by atoms with Gasteiger partial charge >= 0.3 is 21.1 Å². The zero-order valence-electron chi connectivity index (χ0n) is 41.2. The first-order chi connectivity index (χ1) is 35.1. The standard InChI is InChI=1S/C66H47N5O.Pt/c1-37-27-39(3)62(40(4)28-37)44-25-26-67-61(34-44)71-56-32-43(23-24-48(56)53-35-54-49-18-11-13-22-59(49)72-60(54)36-57(53)71)52-31-45(63-41(5)29-38(2)30-42(63)6)33-58-65(52)69-66(70(58)46-15-8-7-9-16-46)51-20-14-19-50-47-17-10-12-21-55(47)68-64(50)51;/h7-31,33-36H,1-6H3;/q-2;+2. The largest absolute Gasteiger partial charge is 2.00 e. The van der Waals surface area contributed by atoms with Crippen LogP contribution in [0.2, 0.25) is 0 Å². The van der Waals surface area contributed by atoms with Gasteiger partial charge in [0.25, 0.3) is 0 Å². The molecule has 0 spiro atoms. The van der Waals surface area contributed by atoms with E-state index in [9.17, 15) is 0 Å². The van der Waals surface area contributed by atoms with Crippen molar-refractivity contribution in [1.82, 2.24) is 24.1 Å². The van der Waals surface area contributed by atoms with Crippen molar-refractivity contribution in [1.29, 1.82) is 0 Å². The Morgan fingerprint density at radius 3 is 1.95 bits per heavy atom. The molecule has 5 aromatic heterocycles. The molecule has 0 amide bonds. The van der Waals surface area contributed by atoms with Crippen molar-refractivity contribution >= 4 is 76.6 Å². The molecule has 0 fully saturated rings. The first-order valence-corrected chi connectivity index (χ1v) is 24.7. The molecular weight excluding hydrogens is 1070 g/mol. The summed E-state index contributed by atoms with van der Waals surface area (Å²) in [6.45, 7) is 13.2. The van der Waals surface area contributed by atoms with E-state index in [1.54, 1.807) is 0 Å². The molecule has 5 heterocycles. The van der Waals surface area contributed by atoms with Crippen LogP contribution in [0.1, 0.15) is 33.4 Å². The van der Waals surface area contributed by atoms with Gasteiger partial charge in [0.2, 0.25) is 0 Å². The van der Waals surface area contributed by atoms with Crippen LogP contribution >= 0.6 is 0 Å². The summed E-state index contributed by atoms with van der Waals surface area (Å²) >= 11 is 0. The Morgan fingerprint density at radius 2 is 1.18 bits per heavy atom. The number of para-hydroxylation sites is 4. The monoisotopic (exact) mass is 1120 g/mol. The van der Waals surface area contributed by atoms with Crippen molar-refractivity contribution in [3.8, 4) is 56.3 Å². The van der Waals surface area contributed by atoms with Crippen molar-refractivity contribution in [2.45, 2.75) is 41.5 Å². The Hall–Kier alpha value is -8.31. The molecule has 0 aliphatic carbocycles. The molecule has 0 N–H and O–H groups in total. The van der Waals surface area contributed by atoms with Crippen LogP contribution in [-0.2, 0) is 21.1 Å². The smallest absolute Gasteiger partial charge is 0.656 e. The number of imidazole rings is 1. The average molecular weight is 1120 g/mol. The fourth-order valence-corrected chi connectivity index (χ4v) is 12.0. The number of pyridine rings is 1. The fourth-order valence-electron chi connectivity index (χ4n) is 12.0. The number of hydrogen-bond donors (Lipinski definition) is 0. The van der Waals surface area contributed by atoms with E-state index in [-0.39, 0.29) is 21.1 Å². The van der Waals surface area contributed by atoms with Gasteiger partial charge in [0, 0.05) is 39.8 Å². The van der Waals surface area contributed by atoms with Crippen LogP contribution < -0.4 is 4.98 Å². The number of furan rings is 1. The third kappa shape index (κ3) is 6.95. The van der Waals surface area contributed by atoms with Gasteiger partial charge in [-0.05, 0) is 150 Å². The molecule has 0 atom stereocenters. The van der Waals surface area contributed by atoms with Crippen molar-refractivity contribution in [3.63, 3.8) is 0 Å². The molecule has 0 saturated carbocycles. The van der Waals surface area contributed by atoms with E-state index in [1.807, 2.05) is 18.3 Å². The van der Waals surface area contributed by atoms with Crippen LogP contribution in [0.15, 0.2) is 180 Å². The summed E-state index contributed by atoms with van der Waals surface area (Å²) in [4.78, 5) is 16.2. The summed E-state index contributed by atoms with van der Waals surface area (Å²) in [6.07, 6.45) is 1.94. The number of hydrogen-bond acceptors (Lipinski definition) is 3. The molecule has 0 unspecified atom stereocenters. The second kappa shape index (κ2) is 16.9. The molecule has 352 valence electrons. The van der Waals surface area contributed by atoms with Crippen molar-refractivity contribution < 1.29 is 25.5 Å². The Labute approximate surface area is 436 Å². The Balaban J connectivity index is 0.00000516. The predicted molar refractivity (Wildman–Crippen MR) is 298 cm³/mol. The molecule has 6 nitrogen and oxygen atoms in total. The molecule has 0 bridgehead atoms. The molecule has 0 radical (unpaired) electrons. The first-order valence-electron chi connectivity index (χ1n) is 24.7. The van der Waals surface area contributed by atoms with Crippen LogP contribution in [0.25, 0.3) is 133 Å². The van der Waals surface area contributed by atoms with Gasteiger partial charge in [0.05, 0.1) is 11.0 Å². The molecule has 73 heavy (non-hydrogen) atoms. The normalized spacial score (nSPS) is 11.9. The average Bonchev–Trinajstić information content (AvgIpc) is 4.14. The summed E-state index contributed by atoms with van der Waals surface area (Å²) in [5, 5.41) is 6.59. The fraction of sp³-hybridized carbons (Fsp3) is 0.0909. The van der Waals surface area contributed by atoms with E-state index in [0.29, 0.717) is 0 Å². The van der Waals surface area contributed by atoms with E-state index in [0.717, 1.165) is 122 Å². The maximum Gasteiger partial charge on any atom is 2.00 e. The molecule has 7 heteroatoms. The number of benzene rings is 9. The number of aromatic nitrogens is 5. The summed E-state index contributed by atoms with van der Waals surface area (Å²) < 4.78 is 11.2. The predicted octanol–water partition coefficient (Wildman–Crippen LogP) is 17.0. The number of fused-ring (bicyclic) bond motifs is 10. The Morgan fingerprint density at radius 1 is 0.493 bits per heavy atom. The summed E-state index contributed by atoms with van der Waals surface area (Å²) in [5.41, 5.74) is 23.4. The minimum atomic E-state index is 0. The van der Waals surface area contributed by atoms with E-state index >= 15 is 0 Å². The van der Waals surface area contributed by atoms with Crippen LogP contribution in [0.3, 0.4) is 0 Å². The quantitative estimate of drug-likeness (QED) is 0.156. The third-order valence-corrected chi connectivity index (χ3v) is 14.8. The minimum absolute atomic E-state index is 0. The number of aryl methyl sites for hydroxylation is 6. The van der Waals surface area contributed by atoms with Gasteiger partial charge in [0.15, 0.2) is 0 Å². The van der Waals surface area contributed by atoms with E-state index in [2.05, 4.69) is 214 Å². The Bertz CT molecular complexity index is 4540. The van der Waals surface area contributed by atoms with Crippen LogP contribution in [0, 0.1) is 47.6 Å². The molecule has 9 aromatic carbocycles. The second-order valence-corrected chi connectivity index (χ2v) is 19.7. The van der Waals surface area contributed by atoms with Crippen molar-refractivity contribution in [2.24, 2.45) is 0 Å². The summed E-state index contributed by atoms with van der Waals surface area (Å²) in [7, 11) is 0. The Kier molecular flexibility index (Phi) is 10.3. The molecular formula is C66H47N5OPt. The SMILES string of the molecule is Cc1cc(C)c(-c2ccnc(-n3c4[c-]c(-c5cc(-c6c(C)cc(C)cc6C)cc6c5nc(-c5cccc7c5[n-]c5ccccc57)n6-c5ccccc5)ccc4c4cc5c(cc43)oc3ccccc35)c2)c(C)c1.[Pt+2]. The summed E-state index contributed by atoms with van der Waals surface area (Å²) in [6, 6.07) is 64.9. The first kappa shape index (κ1) is 44.6. The van der Waals surface area contributed by atoms with E-state index < -0.39 is 0 Å². The maximum atomic E-state index is 6.58. The second-order valence-electron chi connectivity index (χ2n) is 19.7. The topological polar surface area (TPSA) is 62.9 Å². The molecule has 14 aromatic rings. The van der Waals surface area contributed by atoms with Gasteiger partial charge in [0.1, 0.15) is 22.8 Å². The zero-order valence-corrected chi connectivity index (χ0v) is 43.5. The molecule has 0 aliphatic rings. The van der Waals surface area contributed by atoms with Gasteiger partial charge in [-0.15, -0.1) is 34.8 Å². The number of nitrogens with zero attached hydrogens (tertiary/aromatic N) is 5. The van der Waals surface area contributed by atoms with Gasteiger partial charge in [-0.1, -0.05) is 131 Å². The van der Waals surface area contributed by atoms with Gasteiger partial charge in [-0.2, -0.15) is 0 Å². The molecule has 0 aliphatic heterocycles. The van der Waals surface area contributed by atoms with Crippen LogP contribution in [0.4, 0.5) is 0 Å². The zero-order chi connectivity index (χ0) is 48.5. The molecule has 0 saturated heterocycles. The number of rotatable bonds is 6. The van der Waals surface area contributed by atoms with Crippen LogP contribution in [-0.4, -0.2) is 19.1 Å². The molecule has 14 rings (SSSR count). The minimum Gasteiger partial charge on any atom is -0.656 e. The van der Waals surface area contributed by atoms with Crippen molar-refractivity contribution in [3.05, 3.63) is 216 Å². The van der Waals surface area contributed by atoms with E-state index in [1.165, 1.54) is 44.5 Å².